The molecule has 0 spiro atoms. The largest absolute Gasteiger partial charge is 0.330 e. The third kappa shape index (κ3) is 13.3. The lowest BCUT2D eigenvalue weighted by Gasteiger charge is -2.01. The minimum atomic E-state index is 0. The van der Waals surface area contributed by atoms with E-state index in [1.54, 1.807) is 0 Å². The summed E-state index contributed by atoms with van der Waals surface area (Å²) in [5.74, 6) is 0. The van der Waals surface area contributed by atoms with Gasteiger partial charge in [0.05, 0.1) is 0 Å². The van der Waals surface area contributed by atoms with E-state index in [-0.39, 0.29) is 9.90 Å². The van der Waals surface area contributed by atoms with Crippen molar-refractivity contribution in [1.82, 2.24) is 5.32 Å². The minimum Gasteiger partial charge on any atom is -0.330 e. The quantitative estimate of drug-likeness (QED) is 0.372. The monoisotopic (exact) mass is 179 g/mol. The molecule has 3 nitrogen and oxygen atoms in total. The summed E-state index contributed by atoms with van der Waals surface area (Å²) < 4.78 is 0. The number of hydrogen-bond acceptors (Lipinski definition) is 3. The average Bonchev–Trinajstić information content (AvgIpc) is 1.97. The summed E-state index contributed by atoms with van der Waals surface area (Å²) in [4.78, 5) is 0. The van der Waals surface area contributed by atoms with Crippen molar-refractivity contribution < 1.29 is 0 Å². The molecule has 0 aromatic rings. The maximum atomic E-state index is 5.32. The third-order valence-corrected chi connectivity index (χ3v) is 1.37. The Morgan fingerprint density at radius 1 is 0.818 bits per heavy atom. The van der Waals surface area contributed by atoms with E-state index in [0.717, 1.165) is 39.0 Å². The summed E-state index contributed by atoms with van der Waals surface area (Å²) in [6.07, 6.45) is 3.37. The first-order valence-corrected chi connectivity index (χ1v) is 4.02. The molecule has 1 atom stereocenters. The molecule has 0 heterocycles. The van der Waals surface area contributed by atoms with Crippen molar-refractivity contribution in [3.05, 3.63) is 0 Å². The molecule has 0 aromatic heterocycles. The predicted octanol–water partition coefficient (Wildman–Crippen LogP) is -0.278. The maximum Gasteiger partial charge on any atom is -0.00369 e. The Balaban J connectivity index is 0. The highest BCUT2D eigenvalue weighted by molar-refractivity contribution is 6.92. The smallest absolute Gasteiger partial charge is 0.00369 e. The van der Waals surface area contributed by atoms with Crippen LogP contribution in [0.5, 0.6) is 0 Å². The second-order valence-electron chi connectivity index (χ2n) is 2.39. The van der Waals surface area contributed by atoms with Crippen molar-refractivity contribution in [2.24, 2.45) is 11.5 Å². The first-order chi connectivity index (χ1) is 4.91. The van der Waals surface area contributed by atoms with Crippen LogP contribution in [-0.4, -0.2) is 26.2 Å². The van der Waals surface area contributed by atoms with E-state index >= 15 is 0 Å². The van der Waals surface area contributed by atoms with Gasteiger partial charge in [0, 0.05) is 0 Å². The van der Waals surface area contributed by atoms with Crippen LogP contribution in [0, 0.1) is 0 Å². The van der Waals surface area contributed by atoms with E-state index in [4.69, 9.17) is 11.5 Å². The zero-order chi connectivity index (χ0) is 7.66. The van der Waals surface area contributed by atoms with Crippen LogP contribution >= 0.6 is 9.90 Å². The lowest BCUT2D eigenvalue weighted by Crippen LogP contribution is -2.19. The first-order valence-electron chi connectivity index (χ1n) is 4.02. The zero-order valence-corrected chi connectivity index (χ0v) is 8.73. The lowest BCUT2D eigenvalue weighted by atomic mass is 10.3. The fraction of sp³-hybridized carbons (Fsp3) is 1.00. The van der Waals surface area contributed by atoms with Crippen LogP contribution in [0.4, 0.5) is 0 Å². The van der Waals surface area contributed by atoms with Gasteiger partial charge in [0.2, 0.25) is 0 Å². The molecule has 0 amide bonds. The Morgan fingerprint density at radius 3 is 1.91 bits per heavy atom. The Morgan fingerprint density at radius 2 is 1.36 bits per heavy atom. The Bertz CT molecular complexity index is 53.6. The Labute approximate surface area is 72.9 Å². The summed E-state index contributed by atoms with van der Waals surface area (Å²) in [5, 5.41) is 3.29. The van der Waals surface area contributed by atoms with Crippen molar-refractivity contribution in [3.63, 3.8) is 0 Å². The van der Waals surface area contributed by atoms with Crippen LogP contribution in [0.1, 0.15) is 19.3 Å². The van der Waals surface area contributed by atoms with E-state index in [1.807, 2.05) is 0 Å². The van der Waals surface area contributed by atoms with Crippen molar-refractivity contribution in [2.75, 3.05) is 26.2 Å². The van der Waals surface area contributed by atoms with Crippen molar-refractivity contribution in [2.45, 2.75) is 19.3 Å². The predicted molar refractivity (Wildman–Crippen MR) is 55.9 cm³/mol. The molecule has 0 rings (SSSR count). The minimum absolute atomic E-state index is 0. The first kappa shape index (κ1) is 13.9. The topological polar surface area (TPSA) is 64.1 Å². The molecule has 1 unspecified atom stereocenters. The highest BCUT2D eigenvalue weighted by Gasteiger charge is 1.85. The second kappa shape index (κ2) is 12.9. The van der Waals surface area contributed by atoms with Gasteiger partial charge in [-0.3, -0.25) is 0 Å². The molecule has 4 heteroatoms. The zero-order valence-electron chi connectivity index (χ0n) is 7.31. The summed E-state index contributed by atoms with van der Waals surface area (Å²) in [6.45, 7) is 3.71. The number of rotatable bonds is 7. The molecule has 11 heavy (non-hydrogen) atoms. The highest BCUT2D eigenvalue weighted by Crippen LogP contribution is 1.81. The fourth-order valence-corrected chi connectivity index (χ4v) is 0.746. The van der Waals surface area contributed by atoms with E-state index in [2.05, 4.69) is 5.32 Å². The van der Waals surface area contributed by atoms with Crippen LogP contribution in [-0.2, 0) is 0 Å². The summed E-state index contributed by atoms with van der Waals surface area (Å²) in [7, 11) is 0. The number of unbranched alkanes of at least 4 members (excludes halogenated alkanes) is 1. The van der Waals surface area contributed by atoms with Gasteiger partial charge in [-0.05, 0) is 45.4 Å². The molecule has 0 radical (unpaired) electrons. The van der Waals surface area contributed by atoms with Crippen LogP contribution in [0.2, 0.25) is 0 Å². The second-order valence-corrected chi connectivity index (χ2v) is 2.39. The molecule has 0 aromatic carbocycles. The van der Waals surface area contributed by atoms with Gasteiger partial charge in [0.15, 0.2) is 0 Å². The van der Waals surface area contributed by atoms with Gasteiger partial charge in [-0.1, -0.05) is 0 Å². The Hall–Kier alpha value is 0.310. The summed E-state index contributed by atoms with van der Waals surface area (Å²) >= 11 is 0. The van der Waals surface area contributed by atoms with E-state index in [1.165, 1.54) is 6.42 Å². The number of nitrogens with two attached hydrogens (primary N) is 2. The van der Waals surface area contributed by atoms with Gasteiger partial charge in [-0.25, -0.2) is 0 Å². The lowest BCUT2D eigenvalue weighted by molar-refractivity contribution is 0.611. The molecule has 0 aliphatic rings. The van der Waals surface area contributed by atoms with E-state index in [0.29, 0.717) is 0 Å². The maximum absolute atomic E-state index is 5.32. The van der Waals surface area contributed by atoms with Gasteiger partial charge in [-0.2, -0.15) is 9.90 Å². The number of hydrogen-bond donors (Lipinski definition) is 3. The molecule has 0 bridgehead atoms. The SMILES string of the molecule is NCCCCNCCCN.P. The standard InChI is InChI=1S/C7H19N3.H3P/c8-4-1-2-6-10-7-3-5-9;/h10H,1-9H2;1H3. The van der Waals surface area contributed by atoms with Gasteiger partial charge >= 0.3 is 0 Å². The normalized spacial score (nSPS) is 9.27. The van der Waals surface area contributed by atoms with E-state index < -0.39 is 0 Å². The van der Waals surface area contributed by atoms with E-state index in [9.17, 15) is 0 Å². The molecule has 0 saturated carbocycles. The van der Waals surface area contributed by atoms with Crippen LogP contribution in [0.3, 0.4) is 0 Å². The fourth-order valence-electron chi connectivity index (χ4n) is 0.746. The average molecular weight is 179 g/mol. The number of nitrogens with one attached hydrogen (secondary N) is 1. The molecule has 5 N–H and O–H groups in total. The molecule has 0 aliphatic carbocycles. The van der Waals surface area contributed by atoms with Crippen LogP contribution in [0.15, 0.2) is 0 Å². The van der Waals surface area contributed by atoms with Gasteiger partial charge < -0.3 is 16.8 Å². The van der Waals surface area contributed by atoms with Gasteiger partial charge in [0.25, 0.3) is 0 Å². The molecule has 0 fully saturated rings. The molecule has 0 saturated heterocycles. The highest BCUT2D eigenvalue weighted by atomic mass is 31.0. The summed E-state index contributed by atoms with van der Waals surface area (Å²) in [5.41, 5.74) is 10.6. The van der Waals surface area contributed by atoms with Crippen molar-refractivity contribution >= 4 is 9.90 Å². The van der Waals surface area contributed by atoms with Gasteiger partial charge in [0.1, 0.15) is 0 Å². The van der Waals surface area contributed by atoms with Crippen molar-refractivity contribution in [3.8, 4) is 0 Å². The molecular formula is C7H22N3P. The van der Waals surface area contributed by atoms with Crippen molar-refractivity contribution in [1.29, 1.82) is 0 Å². The Kier molecular flexibility index (Phi) is 16.3. The summed E-state index contributed by atoms with van der Waals surface area (Å²) in [6, 6.07) is 0. The van der Waals surface area contributed by atoms with Gasteiger partial charge in [-0.15, -0.1) is 0 Å². The molecule has 0 aliphatic heterocycles. The van der Waals surface area contributed by atoms with Crippen LogP contribution in [0.25, 0.3) is 0 Å². The molecular weight excluding hydrogens is 157 g/mol. The molecule has 70 valence electrons. The third-order valence-electron chi connectivity index (χ3n) is 1.37. The van der Waals surface area contributed by atoms with Crippen LogP contribution < -0.4 is 16.8 Å².